The maximum absolute atomic E-state index is 12.8. The highest BCUT2D eigenvalue weighted by Gasteiger charge is 2.30. The Morgan fingerprint density at radius 1 is 1.19 bits per heavy atom. The Bertz CT molecular complexity index is 1200. The van der Waals surface area contributed by atoms with Crippen molar-refractivity contribution in [2.24, 2.45) is 4.99 Å². The molecule has 7 nitrogen and oxygen atoms in total. The number of para-hydroxylation sites is 1. The van der Waals surface area contributed by atoms with E-state index in [1.165, 1.54) is 4.68 Å². The normalized spacial score (nSPS) is 14.3. The second-order valence-electron chi connectivity index (χ2n) is 6.29. The smallest absolute Gasteiger partial charge is 0.439 e. The number of aliphatic imine (C=N–C) groups is 1. The number of ketones is 1. The molecule has 27 heavy (non-hydrogen) atoms. The van der Waals surface area contributed by atoms with E-state index in [2.05, 4.69) is 10.3 Å². The molecule has 2 aromatic carbocycles. The van der Waals surface area contributed by atoms with Gasteiger partial charge in [-0.25, -0.2) is 4.79 Å². The lowest BCUT2D eigenvalue weighted by atomic mass is 10.0. The zero-order valence-corrected chi connectivity index (χ0v) is 14.6. The van der Waals surface area contributed by atoms with Crippen LogP contribution < -0.4 is 15.4 Å². The number of rotatable bonds is 3. The van der Waals surface area contributed by atoms with Gasteiger partial charge in [-0.15, -0.1) is 0 Å². The number of aromatic amines is 1. The lowest BCUT2D eigenvalue weighted by molar-refractivity contribution is -0.672. The van der Waals surface area contributed by atoms with Crippen molar-refractivity contribution in [3.8, 4) is 5.69 Å². The molecule has 0 saturated carbocycles. The molecule has 0 spiro atoms. The Labute approximate surface area is 153 Å². The third-order valence-electron chi connectivity index (χ3n) is 4.55. The molecular formula is C20H15N3O4. The molecular weight excluding hydrogens is 346 g/mol. The van der Waals surface area contributed by atoms with E-state index in [4.69, 9.17) is 4.52 Å². The van der Waals surface area contributed by atoms with E-state index in [1.54, 1.807) is 30.3 Å². The molecule has 0 saturated heterocycles. The molecule has 1 aliphatic heterocycles. The number of fused-ring (bicyclic) bond motifs is 1. The fraction of sp³-hybridized carbons (Fsp3) is 0.100. The summed E-state index contributed by atoms with van der Waals surface area (Å²) in [4.78, 5) is 28.9. The van der Waals surface area contributed by atoms with Gasteiger partial charge in [0.05, 0.1) is 5.69 Å². The van der Waals surface area contributed by atoms with E-state index < -0.39 is 17.3 Å². The second kappa shape index (κ2) is 6.21. The van der Waals surface area contributed by atoms with Crippen molar-refractivity contribution >= 4 is 22.9 Å². The Balaban J connectivity index is 1.80. The molecule has 2 heterocycles. The van der Waals surface area contributed by atoms with Gasteiger partial charge in [-0.3, -0.25) is 14.3 Å². The van der Waals surface area contributed by atoms with E-state index >= 15 is 0 Å². The highest BCUT2D eigenvalue weighted by molar-refractivity contribution is 6.28. The first-order valence-corrected chi connectivity index (χ1v) is 8.28. The van der Waals surface area contributed by atoms with Crippen LogP contribution >= 0.6 is 0 Å². The van der Waals surface area contributed by atoms with Crippen molar-refractivity contribution in [3.05, 3.63) is 81.3 Å². The average molecular weight is 361 g/mol. The van der Waals surface area contributed by atoms with Crippen molar-refractivity contribution in [3.63, 3.8) is 0 Å². The lowest BCUT2D eigenvalue weighted by Crippen LogP contribution is -2.41. The molecule has 0 fully saturated rings. The maximum Gasteiger partial charge on any atom is 0.439 e. The standard InChI is InChI=1S/C20H15N3O4/c1-11-7-8-13(9-12(11)2)23-18(20(26)27-22-23)17(24)10-15-14-5-3-4-6-16(14)21-19(15)25/h3-10H,1-2H3,(H-,21,22,24,25,26). The minimum Gasteiger partial charge on any atom is -0.858 e. The molecule has 7 heteroatoms. The van der Waals surface area contributed by atoms with Gasteiger partial charge in [0.2, 0.25) is 5.69 Å². The zero-order valence-electron chi connectivity index (χ0n) is 14.6. The minimum absolute atomic E-state index is 0.155. The van der Waals surface area contributed by atoms with Gasteiger partial charge in [0, 0.05) is 23.8 Å². The van der Waals surface area contributed by atoms with Crippen molar-refractivity contribution in [1.29, 1.82) is 0 Å². The summed E-state index contributed by atoms with van der Waals surface area (Å²) in [5, 5.41) is 14.6. The first-order chi connectivity index (χ1) is 13.0. The molecule has 3 aromatic rings. The molecule has 1 aliphatic rings. The second-order valence-corrected chi connectivity index (χ2v) is 6.29. The lowest BCUT2D eigenvalue weighted by Gasteiger charge is -2.06. The van der Waals surface area contributed by atoms with Crippen LogP contribution in [0.3, 0.4) is 0 Å². The van der Waals surface area contributed by atoms with Gasteiger partial charge < -0.3 is 5.11 Å². The maximum atomic E-state index is 12.8. The number of nitrogens with one attached hydrogen (secondary N) is 1. The van der Waals surface area contributed by atoms with E-state index in [-0.39, 0.29) is 11.3 Å². The van der Waals surface area contributed by atoms with Gasteiger partial charge in [0.25, 0.3) is 5.78 Å². The third kappa shape index (κ3) is 2.79. The van der Waals surface area contributed by atoms with Crippen molar-refractivity contribution in [2.45, 2.75) is 13.8 Å². The van der Waals surface area contributed by atoms with Crippen LogP contribution in [-0.4, -0.2) is 17.0 Å². The van der Waals surface area contributed by atoms with Crippen molar-refractivity contribution in [2.75, 3.05) is 0 Å². The number of hydrogen-bond acceptors (Lipinski definition) is 5. The van der Waals surface area contributed by atoms with Crippen LogP contribution in [-0.2, 0) is 0 Å². The largest absolute Gasteiger partial charge is 0.858 e. The molecule has 1 aromatic heterocycles. The number of hydrogen-bond donors (Lipinski definition) is 1. The van der Waals surface area contributed by atoms with Crippen LogP contribution in [0.1, 0.15) is 27.2 Å². The number of benzene rings is 2. The number of aromatic nitrogens is 2. The van der Waals surface area contributed by atoms with Crippen LogP contribution in [0.2, 0.25) is 0 Å². The van der Waals surface area contributed by atoms with Crippen LogP contribution in [0.25, 0.3) is 11.3 Å². The molecule has 0 atom stereocenters. The van der Waals surface area contributed by atoms with Gasteiger partial charge >= 0.3 is 11.3 Å². The summed E-state index contributed by atoms with van der Waals surface area (Å²) in [6.45, 7) is 3.89. The SMILES string of the molecule is Cc1ccc(-[n+]2[nH]oc(=O)c2C(=O)/C=C2/C([O-])=Nc3ccccc32)cc1C. The highest BCUT2D eigenvalue weighted by Crippen LogP contribution is 2.32. The number of carbonyl (C=O) groups excluding carboxylic acids is 1. The summed E-state index contributed by atoms with van der Waals surface area (Å²) in [7, 11) is 0. The summed E-state index contributed by atoms with van der Waals surface area (Å²) in [6, 6.07) is 12.4. The van der Waals surface area contributed by atoms with Crippen LogP contribution in [0, 0.1) is 13.8 Å². The molecule has 0 radical (unpaired) electrons. The molecule has 0 amide bonds. The number of carbonyl (C=O) groups is 1. The molecule has 0 aliphatic carbocycles. The van der Waals surface area contributed by atoms with Gasteiger partial charge in [0.15, 0.2) is 0 Å². The Morgan fingerprint density at radius 3 is 2.74 bits per heavy atom. The van der Waals surface area contributed by atoms with Gasteiger partial charge in [0.1, 0.15) is 0 Å². The van der Waals surface area contributed by atoms with Crippen LogP contribution in [0.5, 0.6) is 0 Å². The fourth-order valence-corrected chi connectivity index (χ4v) is 2.95. The van der Waals surface area contributed by atoms with Crippen molar-refractivity contribution in [1.82, 2.24) is 5.27 Å². The topological polar surface area (TPSA) is 102 Å². The van der Waals surface area contributed by atoms with Crippen molar-refractivity contribution < 1.29 is 19.1 Å². The summed E-state index contributed by atoms with van der Waals surface area (Å²) in [5.74, 6) is -1.15. The Morgan fingerprint density at radius 2 is 1.96 bits per heavy atom. The predicted octanol–water partition coefficient (Wildman–Crippen LogP) is 1.53. The van der Waals surface area contributed by atoms with Gasteiger partial charge in [-0.05, 0) is 52.5 Å². The Kier molecular flexibility index (Phi) is 3.84. The van der Waals surface area contributed by atoms with Crippen LogP contribution in [0.4, 0.5) is 5.69 Å². The van der Waals surface area contributed by atoms with Crippen LogP contribution in [0.15, 0.2) is 62.9 Å². The fourth-order valence-electron chi connectivity index (χ4n) is 2.95. The molecule has 0 unspecified atom stereocenters. The third-order valence-corrected chi connectivity index (χ3v) is 4.55. The highest BCUT2D eigenvalue weighted by atomic mass is 16.5. The molecule has 0 bridgehead atoms. The minimum atomic E-state index is -0.814. The van der Waals surface area contributed by atoms with E-state index in [1.807, 2.05) is 26.0 Å². The summed E-state index contributed by atoms with van der Waals surface area (Å²) < 4.78 is 6.10. The molecule has 134 valence electrons. The first kappa shape index (κ1) is 16.7. The number of allylic oxidation sites excluding steroid dienone is 1. The number of nitrogens with zero attached hydrogens (tertiary/aromatic N) is 2. The Hall–Kier alpha value is -3.74. The first-order valence-electron chi connectivity index (χ1n) is 8.28. The predicted molar refractivity (Wildman–Crippen MR) is 96.2 cm³/mol. The number of H-pyrrole nitrogens is 1. The zero-order chi connectivity index (χ0) is 19.1. The average Bonchev–Trinajstić information content (AvgIpc) is 3.18. The van der Waals surface area contributed by atoms with E-state index in [9.17, 15) is 14.7 Å². The summed E-state index contributed by atoms with van der Waals surface area (Å²) in [6.07, 6.45) is 1.13. The van der Waals surface area contributed by atoms with E-state index in [0.29, 0.717) is 16.9 Å². The monoisotopic (exact) mass is 361 g/mol. The molecule has 4 rings (SSSR count). The number of aryl methyl sites for hydroxylation is 2. The van der Waals surface area contributed by atoms with Gasteiger partial charge in [-0.2, -0.15) is 0 Å². The quantitative estimate of drug-likeness (QED) is 0.434. The van der Waals surface area contributed by atoms with E-state index in [0.717, 1.165) is 17.2 Å². The van der Waals surface area contributed by atoms with Gasteiger partial charge in [-0.1, -0.05) is 24.3 Å². The molecule has 1 N–H and O–H groups in total. The summed E-state index contributed by atoms with van der Waals surface area (Å²) in [5.41, 5.74) is 2.84. The summed E-state index contributed by atoms with van der Waals surface area (Å²) >= 11 is 0.